The van der Waals surface area contributed by atoms with Gasteiger partial charge in [0, 0.05) is 30.9 Å². The minimum atomic E-state index is -0.499. The molecule has 3 aromatic rings. The second kappa shape index (κ2) is 11.7. The molecule has 210 valence electrons. The number of fused-ring (bicyclic) bond motifs is 1. The van der Waals surface area contributed by atoms with E-state index in [2.05, 4.69) is 20.6 Å². The van der Waals surface area contributed by atoms with Gasteiger partial charge < -0.3 is 29.4 Å². The lowest BCUT2D eigenvalue weighted by atomic mass is 9.81. The molecular formula is C28H37N5O6. The van der Waals surface area contributed by atoms with Crippen molar-refractivity contribution in [2.75, 3.05) is 26.4 Å². The maximum Gasteiger partial charge on any atom is 0.407 e. The first-order valence-corrected chi connectivity index (χ1v) is 13.6. The van der Waals surface area contributed by atoms with Crippen LogP contribution in [-0.2, 0) is 14.2 Å². The van der Waals surface area contributed by atoms with Gasteiger partial charge in [-0.25, -0.2) is 9.48 Å². The molecule has 1 amide bonds. The summed E-state index contributed by atoms with van der Waals surface area (Å²) in [6.45, 7) is 7.70. The molecule has 2 aromatic heterocycles. The number of benzene rings is 1. The van der Waals surface area contributed by atoms with Crippen LogP contribution in [0.3, 0.4) is 0 Å². The summed E-state index contributed by atoms with van der Waals surface area (Å²) in [5, 5.41) is 25.8. The van der Waals surface area contributed by atoms with Crippen LogP contribution in [0.1, 0.15) is 59.1 Å². The molecule has 1 unspecified atom stereocenters. The molecule has 2 fully saturated rings. The highest BCUT2D eigenvalue weighted by molar-refractivity contribution is 5.90. The van der Waals surface area contributed by atoms with Crippen molar-refractivity contribution in [1.82, 2.24) is 25.3 Å². The summed E-state index contributed by atoms with van der Waals surface area (Å²) in [5.41, 5.74) is 1.95. The van der Waals surface area contributed by atoms with Crippen molar-refractivity contribution >= 4 is 17.0 Å². The van der Waals surface area contributed by atoms with Crippen LogP contribution in [0.25, 0.3) is 22.0 Å². The van der Waals surface area contributed by atoms with Gasteiger partial charge in [-0.2, -0.15) is 10.2 Å². The van der Waals surface area contributed by atoms with E-state index in [0.29, 0.717) is 38.1 Å². The SMILES string of the molecule is CC(C)(C)OC(=O)NC1CC(COCCOc2cc(-c3cnnc(O)c3)cc3c2cnn3C2CCCCO2)C1. The van der Waals surface area contributed by atoms with Crippen LogP contribution in [0.4, 0.5) is 4.79 Å². The van der Waals surface area contributed by atoms with Crippen LogP contribution >= 0.6 is 0 Å². The molecule has 1 saturated heterocycles. The maximum atomic E-state index is 11.9. The Labute approximate surface area is 227 Å². The smallest absolute Gasteiger partial charge is 0.407 e. The number of alkyl carbamates (subject to hydrolysis) is 1. The monoisotopic (exact) mass is 539 g/mol. The lowest BCUT2D eigenvalue weighted by Gasteiger charge is -2.35. The summed E-state index contributed by atoms with van der Waals surface area (Å²) in [7, 11) is 0. The molecule has 1 aromatic carbocycles. The van der Waals surface area contributed by atoms with Crippen LogP contribution in [0.15, 0.2) is 30.6 Å². The third-order valence-electron chi connectivity index (χ3n) is 6.88. The standard InChI is InChI=1S/C28H37N5O6/c1-28(2,3)39-27(35)31-21-10-18(11-21)17-36-8-9-37-24-13-19(20-14-25(34)32-29-15-20)12-23-22(24)16-30-33(23)26-6-4-5-7-38-26/h12-16,18,21,26H,4-11,17H2,1-3H3,(H,31,35)(H,32,34). The largest absolute Gasteiger partial charge is 0.492 e. The van der Waals surface area contributed by atoms with Crippen molar-refractivity contribution in [2.45, 2.75) is 70.7 Å². The predicted molar refractivity (Wildman–Crippen MR) is 143 cm³/mol. The van der Waals surface area contributed by atoms with Crippen molar-refractivity contribution < 1.29 is 28.8 Å². The van der Waals surface area contributed by atoms with E-state index in [9.17, 15) is 9.90 Å². The number of ether oxygens (including phenoxy) is 4. The van der Waals surface area contributed by atoms with Crippen LogP contribution in [-0.4, -0.2) is 69.2 Å². The number of carbonyl (C=O) groups is 1. The van der Waals surface area contributed by atoms with Gasteiger partial charge in [-0.1, -0.05) is 0 Å². The number of aromatic hydroxyl groups is 1. The zero-order valence-electron chi connectivity index (χ0n) is 22.8. The van der Waals surface area contributed by atoms with Crippen LogP contribution in [0.2, 0.25) is 0 Å². The fraction of sp³-hybridized carbons (Fsp3) is 0.571. The van der Waals surface area contributed by atoms with Crippen molar-refractivity contribution in [3.8, 4) is 22.8 Å². The second-order valence-corrected chi connectivity index (χ2v) is 11.2. The predicted octanol–water partition coefficient (Wildman–Crippen LogP) is 4.60. The van der Waals surface area contributed by atoms with Gasteiger partial charge >= 0.3 is 6.09 Å². The van der Waals surface area contributed by atoms with E-state index >= 15 is 0 Å². The molecule has 0 bridgehead atoms. The first-order valence-electron chi connectivity index (χ1n) is 13.6. The lowest BCUT2D eigenvalue weighted by Crippen LogP contribution is -2.47. The quantitative estimate of drug-likeness (QED) is 0.375. The lowest BCUT2D eigenvalue weighted by molar-refractivity contribution is -0.0366. The number of nitrogens with one attached hydrogen (secondary N) is 1. The van der Waals surface area contributed by atoms with E-state index < -0.39 is 5.60 Å². The highest BCUT2D eigenvalue weighted by Crippen LogP contribution is 2.36. The zero-order chi connectivity index (χ0) is 27.4. The molecule has 1 saturated carbocycles. The molecular weight excluding hydrogens is 502 g/mol. The van der Waals surface area contributed by atoms with Crippen molar-refractivity contribution in [3.63, 3.8) is 0 Å². The first kappa shape index (κ1) is 27.1. The Kier molecular flexibility index (Phi) is 8.18. The summed E-state index contributed by atoms with van der Waals surface area (Å²) >= 11 is 0. The maximum absolute atomic E-state index is 11.9. The van der Waals surface area contributed by atoms with Gasteiger partial charge in [0.1, 0.15) is 18.0 Å². The molecule has 2 aliphatic rings. The van der Waals surface area contributed by atoms with E-state index in [4.69, 9.17) is 18.9 Å². The fourth-order valence-electron chi connectivity index (χ4n) is 4.98. The highest BCUT2D eigenvalue weighted by atomic mass is 16.6. The first-order chi connectivity index (χ1) is 18.7. The minimum absolute atomic E-state index is 0.122. The van der Waals surface area contributed by atoms with Crippen molar-refractivity contribution in [2.24, 2.45) is 5.92 Å². The molecule has 1 aliphatic heterocycles. The molecule has 0 radical (unpaired) electrons. The molecule has 5 rings (SSSR count). The van der Waals surface area contributed by atoms with Crippen molar-refractivity contribution in [1.29, 1.82) is 0 Å². The van der Waals surface area contributed by atoms with Gasteiger partial charge in [-0.3, -0.25) is 0 Å². The van der Waals surface area contributed by atoms with Crippen LogP contribution in [0, 0.1) is 5.92 Å². The van der Waals surface area contributed by atoms with Gasteiger partial charge in [0.15, 0.2) is 6.23 Å². The zero-order valence-corrected chi connectivity index (χ0v) is 22.8. The van der Waals surface area contributed by atoms with Gasteiger partial charge in [0.25, 0.3) is 0 Å². The molecule has 2 N–H and O–H groups in total. The molecule has 11 heteroatoms. The Morgan fingerprint density at radius 2 is 2.00 bits per heavy atom. The number of amides is 1. The van der Waals surface area contributed by atoms with E-state index in [0.717, 1.165) is 54.1 Å². The number of nitrogens with zero attached hydrogens (tertiary/aromatic N) is 4. The summed E-state index contributed by atoms with van der Waals surface area (Å²) in [6.07, 6.45) is 7.71. The highest BCUT2D eigenvalue weighted by Gasteiger charge is 2.31. The summed E-state index contributed by atoms with van der Waals surface area (Å²) < 4.78 is 25.3. The molecule has 1 atom stereocenters. The van der Waals surface area contributed by atoms with Crippen molar-refractivity contribution in [3.05, 3.63) is 30.6 Å². The van der Waals surface area contributed by atoms with E-state index in [-0.39, 0.29) is 24.2 Å². The number of carbonyl (C=O) groups excluding carboxylic acids is 1. The molecule has 1 aliphatic carbocycles. The summed E-state index contributed by atoms with van der Waals surface area (Å²) in [6, 6.07) is 5.64. The van der Waals surface area contributed by atoms with E-state index in [1.54, 1.807) is 12.3 Å². The Bertz CT molecular complexity index is 1280. The third kappa shape index (κ3) is 6.96. The Morgan fingerprint density at radius 3 is 2.74 bits per heavy atom. The van der Waals surface area contributed by atoms with Crippen LogP contribution in [0.5, 0.6) is 11.6 Å². The minimum Gasteiger partial charge on any atom is -0.492 e. The van der Waals surface area contributed by atoms with Gasteiger partial charge in [0.2, 0.25) is 5.88 Å². The molecule has 39 heavy (non-hydrogen) atoms. The molecule has 0 spiro atoms. The Hall–Kier alpha value is -3.44. The fourth-order valence-corrected chi connectivity index (χ4v) is 4.98. The second-order valence-electron chi connectivity index (χ2n) is 11.2. The van der Waals surface area contributed by atoms with Gasteiger partial charge in [0.05, 0.1) is 29.9 Å². The Balaban J connectivity index is 1.18. The van der Waals surface area contributed by atoms with Gasteiger partial charge in [-0.15, -0.1) is 5.10 Å². The van der Waals surface area contributed by atoms with Gasteiger partial charge in [-0.05, 0) is 76.5 Å². The molecule has 11 nitrogen and oxygen atoms in total. The third-order valence-corrected chi connectivity index (χ3v) is 6.88. The normalized spacial score (nSPS) is 21.4. The average Bonchev–Trinajstić information content (AvgIpc) is 3.30. The number of hydrogen-bond donors (Lipinski definition) is 2. The topological polar surface area (TPSA) is 130 Å². The van der Waals surface area contributed by atoms with E-state index in [1.807, 2.05) is 43.8 Å². The number of hydrogen-bond acceptors (Lipinski definition) is 9. The van der Waals surface area contributed by atoms with E-state index in [1.165, 1.54) is 0 Å². The molecule has 3 heterocycles. The number of aromatic nitrogens is 4. The van der Waals surface area contributed by atoms with Crippen LogP contribution < -0.4 is 10.1 Å². The Morgan fingerprint density at radius 1 is 1.15 bits per heavy atom. The average molecular weight is 540 g/mol. The summed E-state index contributed by atoms with van der Waals surface area (Å²) in [5.74, 6) is 0.933. The number of rotatable bonds is 9. The summed E-state index contributed by atoms with van der Waals surface area (Å²) in [4.78, 5) is 11.9.